The second-order valence-corrected chi connectivity index (χ2v) is 11.5. The molecule has 0 heterocycles. The van der Waals surface area contributed by atoms with Gasteiger partial charge in [0, 0.05) is 9.13 Å². The summed E-state index contributed by atoms with van der Waals surface area (Å²) in [7, 11) is -1.99. The molecule has 0 aromatic heterocycles. The van der Waals surface area contributed by atoms with Crippen LogP contribution in [0.1, 0.15) is 5.56 Å². The maximum Gasteiger partial charge on any atom is 0.122 e. The zero-order chi connectivity index (χ0) is 19.4. The molecule has 0 aliphatic heterocycles. The number of rotatable bonds is 5. The van der Waals surface area contributed by atoms with Crippen LogP contribution in [-0.4, -0.2) is 5.11 Å². The van der Waals surface area contributed by atoms with E-state index in [1.807, 2.05) is 12.1 Å². The molecular weight excluding hydrogens is 554 g/mol. The molecule has 1 nitrogen and oxygen atoms in total. The van der Waals surface area contributed by atoms with E-state index in [-0.39, 0.29) is 17.0 Å². The van der Waals surface area contributed by atoms with Crippen molar-refractivity contribution in [3.8, 4) is 5.75 Å². The first-order valence-corrected chi connectivity index (χ1v) is 12.3. The first-order valence-electron chi connectivity index (χ1n) is 9.22. The third-order valence-corrected chi connectivity index (χ3v) is 10.1. The normalized spacial score (nSPS) is 10.9. The Morgan fingerprint density at radius 1 is 0.621 bits per heavy atom. The minimum absolute atomic E-state index is 0. The minimum atomic E-state index is -1.99. The largest absolute Gasteiger partial charge is 1.00 e. The summed E-state index contributed by atoms with van der Waals surface area (Å²) < 4.78 is 1.14. The fourth-order valence-corrected chi connectivity index (χ4v) is 8.51. The van der Waals surface area contributed by atoms with Crippen LogP contribution in [0.15, 0.2) is 109 Å². The van der Waals surface area contributed by atoms with Crippen molar-refractivity contribution in [3.05, 3.63) is 118 Å². The summed E-state index contributed by atoms with van der Waals surface area (Å²) in [5.41, 5.74) is 0.997. The SMILES string of the molecule is Oc1ccc(I)cc1C[P+](c1ccccc1)(c1ccccc1)c1ccccc1.[Br-]. The molecule has 0 radical (unpaired) electrons. The molecule has 0 spiro atoms. The highest BCUT2D eigenvalue weighted by Gasteiger charge is 2.45. The Kier molecular flexibility index (Phi) is 7.50. The molecule has 29 heavy (non-hydrogen) atoms. The molecule has 0 aliphatic carbocycles. The monoisotopic (exact) mass is 574 g/mol. The van der Waals surface area contributed by atoms with Crippen molar-refractivity contribution in [3.63, 3.8) is 0 Å². The van der Waals surface area contributed by atoms with Gasteiger partial charge in [0.05, 0.1) is 0 Å². The van der Waals surface area contributed by atoms with Crippen LogP contribution in [0, 0.1) is 3.57 Å². The summed E-state index contributed by atoms with van der Waals surface area (Å²) in [5.74, 6) is 0.368. The molecule has 4 aromatic rings. The van der Waals surface area contributed by atoms with E-state index in [4.69, 9.17) is 0 Å². The van der Waals surface area contributed by atoms with Crippen LogP contribution in [0.4, 0.5) is 0 Å². The quantitative estimate of drug-likeness (QED) is 0.287. The van der Waals surface area contributed by atoms with E-state index in [9.17, 15) is 5.11 Å². The van der Waals surface area contributed by atoms with Crippen LogP contribution >= 0.6 is 29.9 Å². The van der Waals surface area contributed by atoms with Crippen molar-refractivity contribution < 1.29 is 22.1 Å². The molecular formula is C25H21BrIOP. The van der Waals surface area contributed by atoms with Gasteiger partial charge in [-0.1, -0.05) is 54.6 Å². The summed E-state index contributed by atoms with van der Waals surface area (Å²) >= 11 is 2.32. The Morgan fingerprint density at radius 3 is 1.45 bits per heavy atom. The zero-order valence-electron chi connectivity index (χ0n) is 15.7. The van der Waals surface area contributed by atoms with E-state index in [2.05, 4.69) is 120 Å². The van der Waals surface area contributed by atoms with Crippen LogP contribution in [0.5, 0.6) is 5.75 Å². The number of phenolic OH excluding ortho intramolecular Hbond substituents is 1. The van der Waals surface area contributed by atoms with Crippen LogP contribution in [0.25, 0.3) is 0 Å². The Balaban J connectivity index is 0.00000240. The van der Waals surface area contributed by atoms with Crippen molar-refractivity contribution in [2.45, 2.75) is 6.16 Å². The maximum atomic E-state index is 10.7. The minimum Gasteiger partial charge on any atom is -1.00 e. The van der Waals surface area contributed by atoms with Crippen molar-refractivity contribution in [2.24, 2.45) is 0 Å². The number of phenols is 1. The van der Waals surface area contributed by atoms with Gasteiger partial charge in [-0.3, -0.25) is 0 Å². The number of hydrogen-bond acceptors (Lipinski definition) is 1. The maximum absolute atomic E-state index is 10.7. The highest BCUT2D eigenvalue weighted by Crippen LogP contribution is 2.58. The smallest absolute Gasteiger partial charge is 0.122 e. The predicted molar refractivity (Wildman–Crippen MR) is 130 cm³/mol. The number of halogens is 2. The topological polar surface area (TPSA) is 20.2 Å². The fourth-order valence-electron chi connectivity index (χ4n) is 3.70. The summed E-state index contributed by atoms with van der Waals surface area (Å²) in [6.07, 6.45) is 0.785. The average Bonchev–Trinajstić information content (AvgIpc) is 2.76. The molecule has 4 aromatic carbocycles. The summed E-state index contributed by atoms with van der Waals surface area (Å²) in [6.45, 7) is 0. The Morgan fingerprint density at radius 2 is 1.03 bits per heavy atom. The van der Waals surface area contributed by atoms with Crippen LogP contribution in [-0.2, 0) is 6.16 Å². The lowest BCUT2D eigenvalue weighted by Crippen LogP contribution is -3.00. The fraction of sp³-hybridized carbons (Fsp3) is 0.0400. The standard InChI is InChI=1S/C25H20IOP.BrH/c26-21-16-17-25(27)20(18-21)19-28(22-10-4-1-5-11-22,23-12-6-2-7-13-23)24-14-8-3-9-15-24;/h1-18H,19H2;1H. The Labute approximate surface area is 197 Å². The molecule has 4 heteroatoms. The lowest BCUT2D eigenvalue weighted by atomic mass is 10.2. The molecule has 4 rings (SSSR count). The van der Waals surface area contributed by atoms with Gasteiger partial charge in [-0.05, 0) is 77.2 Å². The van der Waals surface area contributed by atoms with Gasteiger partial charge in [0.15, 0.2) is 0 Å². The first-order chi connectivity index (χ1) is 13.7. The van der Waals surface area contributed by atoms with Crippen molar-refractivity contribution >= 4 is 45.8 Å². The van der Waals surface area contributed by atoms with Gasteiger partial charge >= 0.3 is 0 Å². The number of benzene rings is 4. The summed E-state index contributed by atoms with van der Waals surface area (Å²) in [5, 5.41) is 14.6. The average molecular weight is 575 g/mol. The lowest BCUT2D eigenvalue weighted by Gasteiger charge is -2.28. The van der Waals surface area contributed by atoms with Crippen molar-refractivity contribution in [2.75, 3.05) is 0 Å². The Hall–Kier alpha value is -1.68. The van der Waals surface area contributed by atoms with Gasteiger partial charge in [-0.15, -0.1) is 0 Å². The lowest BCUT2D eigenvalue weighted by molar-refractivity contribution is -0.00000625. The van der Waals surface area contributed by atoms with Crippen molar-refractivity contribution in [1.82, 2.24) is 0 Å². The third kappa shape index (κ3) is 4.58. The Bertz CT molecular complexity index is 959. The molecule has 1 N–H and O–H groups in total. The highest BCUT2D eigenvalue weighted by molar-refractivity contribution is 14.1. The molecule has 0 atom stereocenters. The second-order valence-electron chi connectivity index (χ2n) is 6.75. The molecule has 0 fully saturated rings. The van der Waals surface area contributed by atoms with Gasteiger partial charge in [0.1, 0.15) is 35.1 Å². The second kappa shape index (κ2) is 9.88. The number of aromatic hydroxyl groups is 1. The van der Waals surface area contributed by atoms with Gasteiger partial charge < -0.3 is 22.1 Å². The van der Waals surface area contributed by atoms with Gasteiger partial charge in [-0.25, -0.2) is 0 Å². The van der Waals surface area contributed by atoms with Crippen LogP contribution in [0.2, 0.25) is 0 Å². The predicted octanol–water partition coefficient (Wildman–Crippen LogP) is 2.49. The number of hydrogen-bond donors (Lipinski definition) is 1. The molecule has 0 unspecified atom stereocenters. The van der Waals surface area contributed by atoms with E-state index in [0.29, 0.717) is 5.75 Å². The molecule has 0 saturated heterocycles. The van der Waals surface area contributed by atoms with E-state index in [1.54, 1.807) is 0 Å². The van der Waals surface area contributed by atoms with Gasteiger partial charge in [0.25, 0.3) is 0 Å². The van der Waals surface area contributed by atoms with E-state index in [1.165, 1.54) is 15.9 Å². The van der Waals surface area contributed by atoms with Crippen LogP contribution in [0.3, 0.4) is 0 Å². The van der Waals surface area contributed by atoms with Gasteiger partial charge in [-0.2, -0.15) is 0 Å². The highest BCUT2D eigenvalue weighted by atomic mass is 127. The first kappa shape index (κ1) is 22.0. The zero-order valence-corrected chi connectivity index (χ0v) is 20.4. The van der Waals surface area contributed by atoms with Crippen LogP contribution < -0.4 is 32.9 Å². The molecule has 0 saturated carbocycles. The van der Waals surface area contributed by atoms with Gasteiger partial charge in [0.2, 0.25) is 0 Å². The molecule has 0 aliphatic rings. The molecule has 0 bridgehead atoms. The van der Waals surface area contributed by atoms with E-state index >= 15 is 0 Å². The van der Waals surface area contributed by atoms with E-state index < -0.39 is 7.26 Å². The summed E-state index contributed by atoms with van der Waals surface area (Å²) in [4.78, 5) is 0. The third-order valence-electron chi connectivity index (χ3n) is 5.04. The summed E-state index contributed by atoms with van der Waals surface area (Å²) in [6, 6.07) is 38.2. The molecule has 0 amide bonds. The van der Waals surface area contributed by atoms with E-state index in [0.717, 1.165) is 15.3 Å². The molecule has 146 valence electrons. The van der Waals surface area contributed by atoms with Crippen molar-refractivity contribution in [1.29, 1.82) is 0 Å².